The predicted molar refractivity (Wildman–Crippen MR) is 116 cm³/mol. The number of rotatable bonds is 9. The highest BCUT2D eigenvalue weighted by Crippen LogP contribution is 2.21. The Kier molecular flexibility index (Phi) is 8.60. The van der Waals surface area contributed by atoms with Gasteiger partial charge in [0.15, 0.2) is 10.2 Å². The summed E-state index contributed by atoms with van der Waals surface area (Å²) in [6.45, 7) is 1.58. The number of nitrogens with one attached hydrogen (secondary N) is 1. The van der Waals surface area contributed by atoms with Gasteiger partial charge in [-0.25, -0.2) is 4.79 Å². The van der Waals surface area contributed by atoms with Gasteiger partial charge in [-0.1, -0.05) is 6.92 Å². The van der Waals surface area contributed by atoms with Crippen LogP contribution in [0.15, 0.2) is 40.8 Å². The van der Waals surface area contributed by atoms with Gasteiger partial charge in [-0.15, -0.1) is 12.6 Å². The highest BCUT2D eigenvalue weighted by Gasteiger charge is 2.23. The van der Waals surface area contributed by atoms with Crippen LogP contribution in [0.4, 0.5) is 0 Å². The van der Waals surface area contributed by atoms with E-state index in [2.05, 4.69) is 12.6 Å². The molecule has 9 nitrogen and oxygen atoms in total. The number of thioether (sulfide) groups is 1. The maximum absolute atomic E-state index is 12.2. The number of benzene rings is 1. The number of aliphatic hydroxyl groups is 1. The smallest absolute Gasteiger partial charge is 0.379 e. The number of nitrogen functional groups attached to an aromatic ring is 1. The van der Waals surface area contributed by atoms with Gasteiger partial charge in [-0.05, 0) is 48.2 Å². The number of hydrogen-bond acceptors (Lipinski definition) is 9. The average Bonchev–Trinajstić information content (AvgIpc) is 3.16. The van der Waals surface area contributed by atoms with Crippen LogP contribution in [0.3, 0.4) is 0 Å². The van der Waals surface area contributed by atoms with Crippen LogP contribution in [0.2, 0.25) is 0 Å². The number of hydrogen-bond donors (Lipinski definition) is 4. The van der Waals surface area contributed by atoms with Crippen LogP contribution in [0.5, 0.6) is 5.75 Å². The second-order valence-electron chi connectivity index (χ2n) is 6.55. The third-order valence-corrected chi connectivity index (χ3v) is 5.30. The molecule has 164 valence electrons. The molecule has 0 aliphatic carbocycles. The lowest BCUT2D eigenvalue weighted by molar-refractivity contribution is -0.123. The number of thiol groups is 1. The topological polar surface area (TPSA) is 161 Å². The maximum Gasteiger partial charge on any atom is 0.379 e. The summed E-state index contributed by atoms with van der Waals surface area (Å²) in [5.41, 5.74) is 5.86. The molecule has 1 aromatic heterocycles. The predicted octanol–water partition coefficient (Wildman–Crippen LogP) is 1.96. The molecule has 2 atom stereocenters. The standard InChI is InChI=1S/C20H20N2O7S2/c1-10(20(27)31-16(24)9-14(23)19(26)30)8-13-6-7-15(28-13)18(25)29-12-4-2-11(3-5-12)17(21)22/h2-7,10,14,23H,8-9H2,1H3,(H3,21,22)(H,26,30). The minimum atomic E-state index is -1.55. The summed E-state index contributed by atoms with van der Waals surface area (Å²) in [5, 5.41) is 14.7. The third-order valence-electron chi connectivity index (χ3n) is 4.01. The zero-order valence-electron chi connectivity index (χ0n) is 16.4. The van der Waals surface area contributed by atoms with Crippen molar-refractivity contribution >= 4 is 51.5 Å². The Hall–Kier alpha value is -2.89. The summed E-state index contributed by atoms with van der Waals surface area (Å²) in [6.07, 6.45) is -1.92. The first-order valence-corrected chi connectivity index (χ1v) is 10.2. The highest BCUT2D eigenvalue weighted by atomic mass is 32.2. The molecule has 0 amide bonds. The molecular weight excluding hydrogens is 444 g/mol. The summed E-state index contributed by atoms with van der Waals surface area (Å²) in [6, 6.07) is 8.99. The number of nitrogens with two attached hydrogens (primary N) is 1. The monoisotopic (exact) mass is 464 g/mol. The highest BCUT2D eigenvalue weighted by molar-refractivity contribution is 8.26. The van der Waals surface area contributed by atoms with Crippen molar-refractivity contribution in [2.24, 2.45) is 11.7 Å². The van der Waals surface area contributed by atoms with Gasteiger partial charge in [0.2, 0.25) is 10.9 Å². The van der Waals surface area contributed by atoms with Gasteiger partial charge in [0, 0.05) is 17.9 Å². The Morgan fingerprint density at radius 1 is 1.19 bits per heavy atom. The van der Waals surface area contributed by atoms with E-state index in [0.29, 0.717) is 23.1 Å². The molecule has 0 saturated heterocycles. The van der Waals surface area contributed by atoms with Gasteiger partial charge < -0.3 is 20.0 Å². The van der Waals surface area contributed by atoms with Crippen LogP contribution in [-0.2, 0) is 20.8 Å². The lowest BCUT2D eigenvalue weighted by Crippen LogP contribution is -2.20. The van der Waals surface area contributed by atoms with Crippen LogP contribution in [0.1, 0.15) is 35.2 Å². The van der Waals surface area contributed by atoms with Gasteiger partial charge >= 0.3 is 5.97 Å². The van der Waals surface area contributed by atoms with Gasteiger partial charge in [0.05, 0.1) is 6.42 Å². The Balaban J connectivity index is 1.90. The van der Waals surface area contributed by atoms with Crippen LogP contribution in [0.25, 0.3) is 0 Å². The van der Waals surface area contributed by atoms with E-state index in [1.807, 2.05) is 0 Å². The van der Waals surface area contributed by atoms with Crippen molar-refractivity contribution in [3.05, 3.63) is 53.5 Å². The van der Waals surface area contributed by atoms with E-state index in [-0.39, 0.29) is 23.8 Å². The minimum absolute atomic E-state index is 0.0653. The quantitative estimate of drug-likeness (QED) is 0.143. The first-order chi connectivity index (χ1) is 14.6. The molecule has 0 spiro atoms. The molecule has 0 aliphatic rings. The van der Waals surface area contributed by atoms with Crippen molar-refractivity contribution in [3.63, 3.8) is 0 Å². The summed E-state index contributed by atoms with van der Waals surface area (Å²) in [4.78, 5) is 47.0. The molecule has 1 heterocycles. The number of esters is 1. The number of aliphatic hydroxyl groups excluding tert-OH is 1. The molecule has 0 saturated carbocycles. The van der Waals surface area contributed by atoms with E-state index in [1.165, 1.54) is 36.4 Å². The molecule has 0 aliphatic heterocycles. The van der Waals surface area contributed by atoms with E-state index in [9.17, 15) is 24.3 Å². The minimum Gasteiger partial charge on any atom is -0.454 e. The SMILES string of the molecule is CC(Cc1ccc(C(=O)Oc2ccc(C(=N)N)cc2)o1)C(=O)SC(=O)CC(O)C(=O)S. The number of carbonyl (C=O) groups is 4. The fourth-order valence-electron chi connectivity index (χ4n) is 2.34. The molecule has 2 rings (SSSR count). The van der Waals surface area contributed by atoms with E-state index < -0.39 is 39.8 Å². The summed E-state index contributed by atoms with van der Waals surface area (Å²) >= 11 is 3.84. The summed E-state index contributed by atoms with van der Waals surface area (Å²) in [5.74, 6) is -0.942. The molecule has 11 heteroatoms. The summed E-state index contributed by atoms with van der Waals surface area (Å²) < 4.78 is 10.6. The van der Waals surface area contributed by atoms with E-state index in [1.54, 1.807) is 6.92 Å². The Labute approximate surface area is 187 Å². The molecule has 0 radical (unpaired) electrons. The first kappa shape index (κ1) is 24.4. The van der Waals surface area contributed by atoms with Crippen LogP contribution >= 0.6 is 24.4 Å². The maximum atomic E-state index is 12.2. The zero-order chi connectivity index (χ0) is 23.1. The molecular formula is C20H20N2O7S2. The molecule has 31 heavy (non-hydrogen) atoms. The van der Waals surface area contributed by atoms with E-state index in [4.69, 9.17) is 20.3 Å². The average molecular weight is 465 g/mol. The molecule has 2 unspecified atom stereocenters. The molecule has 0 fully saturated rings. The lowest BCUT2D eigenvalue weighted by Gasteiger charge is -2.08. The molecule has 2 aromatic rings. The van der Waals surface area contributed by atoms with Crippen molar-refractivity contribution in [1.29, 1.82) is 5.41 Å². The second kappa shape index (κ2) is 10.9. The Morgan fingerprint density at radius 2 is 1.84 bits per heavy atom. The third kappa shape index (κ3) is 7.39. The van der Waals surface area contributed by atoms with Gasteiger partial charge in [-0.3, -0.25) is 19.8 Å². The number of ether oxygens (including phenoxy) is 1. The zero-order valence-corrected chi connectivity index (χ0v) is 18.1. The second-order valence-corrected chi connectivity index (χ2v) is 8.05. The molecule has 0 bridgehead atoms. The van der Waals surface area contributed by atoms with Gasteiger partial charge in [0.25, 0.3) is 0 Å². The first-order valence-electron chi connectivity index (χ1n) is 8.97. The Bertz CT molecular complexity index is 1000. The van der Waals surface area contributed by atoms with Crippen molar-refractivity contribution < 1.29 is 33.4 Å². The van der Waals surface area contributed by atoms with Crippen LogP contribution in [-0.4, -0.2) is 38.4 Å². The fraction of sp³-hybridized carbons (Fsp3) is 0.250. The Morgan fingerprint density at radius 3 is 2.42 bits per heavy atom. The number of amidine groups is 1. The van der Waals surface area contributed by atoms with Crippen molar-refractivity contribution in [2.45, 2.75) is 25.9 Å². The van der Waals surface area contributed by atoms with Gasteiger partial charge in [-0.2, -0.15) is 0 Å². The summed E-state index contributed by atoms with van der Waals surface area (Å²) in [7, 11) is 0. The number of furan rings is 1. The number of carbonyl (C=O) groups excluding carboxylic acids is 4. The van der Waals surface area contributed by atoms with Crippen molar-refractivity contribution in [1.82, 2.24) is 0 Å². The van der Waals surface area contributed by atoms with E-state index in [0.717, 1.165) is 0 Å². The lowest BCUT2D eigenvalue weighted by atomic mass is 10.1. The van der Waals surface area contributed by atoms with Crippen LogP contribution in [0, 0.1) is 11.3 Å². The van der Waals surface area contributed by atoms with Gasteiger partial charge in [0.1, 0.15) is 23.4 Å². The van der Waals surface area contributed by atoms with Crippen LogP contribution < -0.4 is 10.5 Å². The van der Waals surface area contributed by atoms with E-state index >= 15 is 0 Å². The van der Waals surface area contributed by atoms with Crippen molar-refractivity contribution in [2.75, 3.05) is 0 Å². The normalized spacial score (nSPS) is 12.6. The molecule has 1 aromatic carbocycles. The van der Waals surface area contributed by atoms with Crippen molar-refractivity contribution in [3.8, 4) is 5.75 Å². The fourth-order valence-corrected chi connectivity index (χ4v) is 3.18. The molecule has 4 N–H and O–H groups in total. The largest absolute Gasteiger partial charge is 0.454 e.